The van der Waals surface area contributed by atoms with Crippen molar-refractivity contribution in [2.45, 2.75) is 19.8 Å². The lowest BCUT2D eigenvalue weighted by atomic mass is 9.95. The zero-order valence-corrected chi connectivity index (χ0v) is 11.6. The van der Waals surface area contributed by atoms with Crippen molar-refractivity contribution >= 4 is 0 Å². The first-order chi connectivity index (χ1) is 9.11. The summed E-state index contributed by atoms with van der Waals surface area (Å²) >= 11 is 0. The highest BCUT2D eigenvalue weighted by Gasteiger charge is 2.18. The number of nitrogens with zero attached hydrogens (tertiary/aromatic N) is 1. The topological polar surface area (TPSA) is 40.7 Å². The van der Waals surface area contributed by atoms with Crippen LogP contribution in [-0.2, 0) is 0 Å². The molecule has 1 unspecified atom stereocenters. The number of hydrogen-bond donors (Lipinski definition) is 2. The molecule has 0 amide bonds. The Kier molecular flexibility index (Phi) is 4.32. The van der Waals surface area contributed by atoms with Gasteiger partial charge >= 0.3 is 0 Å². The van der Waals surface area contributed by atoms with Crippen molar-refractivity contribution in [3.8, 4) is 11.3 Å². The van der Waals surface area contributed by atoms with E-state index in [9.17, 15) is 4.39 Å². The van der Waals surface area contributed by atoms with Gasteiger partial charge in [0.05, 0.1) is 11.9 Å². The van der Waals surface area contributed by atoms with Crippen molar-refractivity contribution in [2.75, 3.05) is 13.6 Å². The molecule has 0 saturated heterocycles. The highest BCUT2D eigenvalue weighted by molar-refractivity contribution is 5.58. The molecule has 0 aliphatic carbocycles. The number of imidazole rings is 1. The van der Waals surface area contributed by atoms with Crippen LogP contribution >= 0.6 is 0 Å². The fourth-order valence-electron chi connectivity index (χ4n) is 2.17. The molecule has 1 heterocycles. The average Bonchev–Trinajstić information content (AvgIpc) is 2.85. The number of halogens is 1. The molecule has 1 atom stereocenters. The van der Waals surface area contributed by atoms with Crippen LogP contribution in [0.1, 0.15) is 25.6 Å². The van der Waals surface area contributed by atoms with E-state index in [2.05, 4.69) is 29.1 Å². The second-order valence-electron chi connectivity index (χ2n) is 5.10. The van der Waals surface area contributed by atoms with Crippen molar-refractivity contribution < 1.29 is 4.39 Å². The third-order valence-corrected chi connectivity index (χ3v) is 3.33. The van der Waals surface area contributed by atoms with E-state index in [-0.39, 0.29) is 5.82 Å². The highest BCUT2D eigenvalue weighted by Crippen LogP contribution is 2.24. The lowest BCUT2D eigenvalue weighted by molar-refractivity contribution is 0.461. The van der Waals surface area contributed by atoms with Crippen molar-refractivity contribution in [3.05, 3.63) is 42.1 Å². The maximum absolute atomic E-state index is 12.9. The molecule has 3 nitrogen and oxygen atoms in total. The zero-order chi connectivity index (χ0) is 13.8. The minimum absolute atomic E-state index is 0.223. The van der Waals surface area contributed by atoms with Crippen LogP contribution in [0.5, 0.6) is 0 Å². The third kappa shape index (κ3) is 3.20. The Balaban J connectivity index is 2.24. The van der Waals surface area contributed by atoms with Crippen molar-refractivity contribution in [3.63, 3.8) is 0 Å². The maximum Gasteiger partial charge on any atom is 0.123 e. The number of rotatable bonds is 5. The van der Waals surface area contributed by atoms with Gasteiger partial charge < -0.3 is 10.3 Å². The highest BCUT2D eigenvalue weighted by atomic mass is 19.1. The van der Waals surface area contributed by atoms with Gasteiger partial charge in [-0.2, -0.15) is 0 Å². The number of aromatic nitrogens is 2. The van der Waals surface area contributed by atoms with Gasteiger partial charge in [0.2, 0.25) is 0 Å². The largest absolute Gasteiger partial charge is 0.342 e. The zero-order valence-electron chi connectivity index (χ0n) is 11.6. The molecule has 0 aliphatic heterocycles. The van der Waals surface area contributed by atoms with E-state index in [0.29, 0.717) is 11.8 Å². The molecule has 0 radical (unpaired) electrons. The molecule has 1 aromatic heterocycles. The van der Waals surface area contributed by atoms with Gasteiger partial charge in [-0.1, -0.05) is 13.8 Å². The summed E-state index contributed by atoms with van der Waals surface area (Å²) in [5.41, 5.74) is 1.88. The van der Waals surface area contributed by atoms with Crippen LogP contribution < -0.4 is 5.32 Å². The second kappa shape index (κ2) is 5.97. The van der Waals surface area contributed by atoms with E-state index in [0.717, 1.165) is 23.6 Å². The number of nitrogens with one attached hydrogen (secondary N) is 2. The van der Waals surface area contributed by atoms with Crippen LogP contribution in [0.15, 0.2) is 30.5 Å². The molecule has 19 heavy (non-hydrogen) atoms. The molecule has 102 valence electrons. The standard InChI is InChI=1S/C15H20FN3/c1-10(2)13(8-17-3)15-18-9-14(19-15)11-4-6-12(16)7-5-11/h4-7,9-10,13,17H,8H2,1-3H3,(H,18,19). The Bertz CT molecular complexity index is 516. The Labute approximate surface area is 113 Å². The van der Waals surface area contributed by atoms with E-state index in [1.165, 1.54) is 12.1 Å². The summed E-state index contributed by atoms with van der Waals surface area (Å²) in [6, 6.07) is 6.44. The monoisotopic (exact) mass is 261 g/mol. The van der Waals surface area contributed by atoms with Crippen LogP contribution in [0.25, 0.3) is 11.3 Å². The lowest BCUT2D eigenvalue weighted by Gasteiger charge is -2.17. The molecule has 2 rings (SSSR count). The van der Waals surface area contributed by atoms with E-state index in [4.69, 9.17) is 0 Å². The Morgan fingerprint density at radius 1 is 1.26 bits per heavy atom. The van der Waals surface area contributed by atoms with Crippen molar-refractivity contribution in [1.29, 1.82) is 0 Å². The van der Waals surface area contributed by atoms with Gasteiger partial charge in [-0.3, -0.25) is 0 Å². The van der Waals surface area contributed by atoms with E-state index < -0.39 is 0 Å². The fourth-order valence-corrected chi connectivity index (χ4v) is 2.17. The molecule has 2 N–H and O–H groups in total. The molecular weight excluding hydrogens is 241 g/mol. The van der Waals surface area contributed by atoms with E-state index in [1.54, 1.807) is 12.1 Å². The van der Waals surface area contributed by atoms with Crippen LogP contribution in [0.3, 0.4) is 0 Å². The Hall–Kier alpha value is -1.68. The summed E-state index contributed by atoms with van der Waals surface area (Å²) < 4.78 is 12.9. The summed E-state index contributed by atoms with van der Waals surface area (Å²) in [4.78, 5) is 7.81. The first kappa shape index (κ1) is 13.7. The van der Waals surface area contributed by atoms with Gasteiger partial charge in [-0.15, -0.1) is 0 Å². The quantitative estimate of drug-likeness (QED) is 0.868. The van der Waals surface area contributed by atoms with Gasteiger partial charge in [-0.05, 0) is 42.8 Å². The molecule has 0 fully saturated rings. The number of H-pyrrole nitrogens is 1. The SMILES string of the molecule is CNCC(c1ncc(-c2ccc(F)cc2)[nH]1)C(C)C. The average molecular weight is 261 g/mol. The van der Waals surface area contributed by atoms with Crippen LogP contribution in [0, 0.1) is 11.7 Å². The Morgan fingerprint density at radius 2 is 1.95 bits per heavy atom. The number of benzene rings is 1. The lowest BCUT2D eigenvalue weighted by Crippen LogP contribution is -2.22. The third-order valence-electron chi connectivity index (χ3n) is 3.33. The van der Waals surface area contributed by atoms with E-state index in [1.807, 2.05) is 13.2 Å². The molecule has 2 aromatic rings. The van der Waals surface area contributed by atoms with Gasteiger partial charge in [0, 0.05) is 12.5 Å². The first-order valence-electron chi connectivity index (χ1n) is 6.57. The molecule has 0 bridgehead atoms. The molecule has 4 heteroatoms. The molecule has 0 saturated carbocycles. The second-order valence-corrected chi connectivity index (χ2v) is 5.10. The smallest absolute Gasteiger partial charge is 0.123 e. The summed E-state index contributed by atoms with van der Waals surface area (Å²) in [5, 5.41) is 3.19. The first-order valence-corrected chi connectivity index (χ1v) is 6.57. The summed E-state index contributed by atoms with van der Waals surface area (Å²) in [6.07, 6.45) is 1.81. The predicted octanol–water partition coefficient (Wildman–Crippen LogP) is 3.17. The molecule has 0 spiro atoms. The Morgan fingerprint density at radius 3 is 2.53 bits per heavy atom. The number of likely N-dealkylation sites (N-methyl/N-ethyl adjacent to an activating group) is 1. The molecular formula is C15H20FN3. The predicted molar refractivity (Wildman–Crippen MR) is 75.5 cm³/mol. The van der Waals surface area contributed by atoms with Crippen LogP contribution in [0.4, 0.5) is 4.39 Å². The summed E-state index contributed by atoms with van der Waals surface area (Å²) in [5.74, 6) is 1.60. The summed E-state index contributed by atoms with van der Waals surface area (Å²) in [6.45, 7) is 5.25. The van der Waals surface area contributed by atoms with E-state index >= 15 is 0 Å². The summed E-state index contributed by atoms with van der Waals surface area (Å²) in [7, 11) is 1.94. The van der Waals surface area contributed by atoms with Crippen molar-refractivity contribution in [2.24, 2.45) is 5.92 Å². The minimum Gasteiger partial charge on any atom is -0.342 e. The van der Waals surface area contributed by atoms with Gasteiger partial charge in [0.25, 0.3) is 0 Å². The number of hydrogen-bond acceptors (Lipinski definition) is 2. The number of aromatic amines is 1. The molecule has 0 aliphatic rings. The maximum atomic E-state index is 12.9. The van der Waals surface area contributed by atoms with Gasteiger partial charge in [0.1, 0.15) is 11.6 Å². The van der Waals surface area contributed by atoms with Crippen LogP contribution in [0.2, 0.25) is 0 Å². The normalized spacial score (nSPS) is 12.9. The van der Waals surface area contributed by atoms with Gasteiger partial charge in [0.15, 0.2) is 0 Å². The fraction of sp³-hybridized carbons (Fsp3) is 0.400. The van der Waals surface area contributed by atoms with Crippen molar-refractivity contribution in [1.82, 2.24) is 15.3 Å². The molecule has 1 aromatic carbocycles. The van der Waals surface area contributed by atoms with Gasteiger partial charge in [-0.25, -0.2) is 9.37 Å². The van der Waals surface area contributed by atoms with Crippen LogP contribution in [-0.4, -0.2) is 23.6 Å². The minimum atomic E-state index is -0.223.